The van der Waals surface area contributed by atoms with E-state index in [-0.39, 0.29) is 17.8 Å². The smallest absolute Gasteiger partial charge is 0.321 e. The lowest BCUT2D eigenvalue weighted by molar-refractivity contribution is 0.0693. The normalized spacial score (nSPS) is 16.3. The lowest BCUT2D eigenvalue weighted by Gasteiger charge is -2.35. The molecular formula is C20H20N8O3. The van der Waals surface area contributed by atoms with Crippen LogP contribution >= 0.6 is 0 Å². The van der Waals surface area contributed by atoms with Gasteiger partial charge in [0, 0.05) is 46.0 Å². The predicted molar refractivity (Wildman–Crippen MR) is 112 cm³/mol. The molecule has 1 aromatic carbocycles. The SMILES string of the molecule is CN1C(=O)c2ccc(NC(=O)N3CCN(c4ncnc5c4cnn5C)CC3)cc2C1=O. The van der Waals surface area contributed by atoms with E-state index in [9.17, 15) is 14.4 Å². The van der Waals surface area contributed by atoms with Crippen LogP contribution in [0.3, 0.4) is 0 Å². The Labute approximate surface area is 177 Å². The number of amides is 4. The number of aromatic nitrogens is 4. The Balaban J connectivity index is 1.26. The first-order valence-electron chi connectivity index (χ1n) is 9.84. The van der Waals surface area contributed by atoms with Crippen LogP contribution in [0.25, 0.3) is 11.0 Å². The van der Waals surface area contributed by atoms with Crippen molar-refractivity contribution in [1.82, 2.24) is 29.5 Å². The maximum atomic E-state index is 12.7. The molecule has 0 bridgehead atoms. The zero-order chi connectivity index (χ0) is 21.7. The zero-order valence-electron chi connectivity index (χ0n) is 17.1. The number of piperazine rings is 1. The number of carbonyl (C=O) groups excluding carboxylic acids is 3. The first kappa shape index (κ1) is 19.0. The number of carbonyl (C=O) groups is 3. The minimum absolute atomic E-state index is 0.251. The summed E-state index contributed by atoms with van der Waals surface area (Å²) in [7, 11) is 3.28. The molecule has 0 spiro atoms. The first-order chi connectivity index (χ1) is 14.9. The van der Waals surface area contributed by atoms with E-state index in [0.717, 1.165) is 21.8 Å². The number of rotatable bonds is 2. The molecule has 0 saturated carbocycles. The molecule has 1 fully saturated rings. The molecule has 1 saturated heterocycles. The molecule has 11 nitrogen and oxygen atoms in total. The summed E-state index contributed by atoms with van der Waals surface area (Å²) >= 11 is 0. The predicted octanol–water partition coefficient (Wildman–Crippen LogP) is 0.943. The number of urea groups is 1. The summed E-state index contributed by atoms with van der Waals surface area (Å²) in [5, 5.41) is 7.95. The molecule has 158 valence electrons. The van der Waals surface area contributed by atoms with Crippen LogP contribution in [0, 0.1) is 0 Å². The Bertz CT molecular complexity index is 1230. The van der Waals surface area contributed by atoms with Crippen LogP contribution < -0.4 is 10.2 Å². The number of hydrogen-bond acceptors (Lipinski definition) is 7. The molecule has 3 aromatic rings. The molecule has 0 unspecified atom stereocenters. The monoisotopic (exact) mass is 420 g/mol. The summed E-state index contributed by atoms with van der Waals surface area (Å²) in [4.78, 5) is 50.5. The number of hydrogen-bond donors (Lipinski definition) is 1. The first-order valence-corrected chi connectivity index (χ1v) is 9.84. The summed E-state index contributed by atoms with van der Waals surface area (Å²) in [6, 6.07) is 4.50. The highest BCUT2D eigenvalue weighted by molar-refractivity contribution is 6.21. The molecule has 2 aliphatic heterocycles. The van der Waals surface area contributed by atoms with Gasteiger partial charge in [0.05, 0.1) is 22.7 Å². The Kier molecular flexibility index (Phi) is 4.31. The van der Waals surface area contributed by atoms with Crippen molar-refractivity contribution in [3.8, 4) is 0 Å². The van der Waals surface area contributed by atoms with Crippen LogP contribution in [0.5, 0.6) is 0 Å². The van der Waals surface area contributed by atoms with E-state index in [1.165, 1.54) is 13.4 Å². The second-order valence-corrected chi connectivity index (χ2v) is 7.54. The van der Waals surface area contributed by atoms with Gasteiger partial charge in [-0.25, -0.2) is 14.8 Å². The molecule has 4 heterocycles. The van der Waals surface area contributed by atoms with Crippen molar-refractivity contribution < 1.29 is 14.4 Å². The van der Waals surface area contributed by atoms with Gasteiger partial charge in [-0.05, 0) is 18.2 Å². The quantitative estimate of drug-likeness (QED) is 0.613. The van der Waals surface area contributed by atoms with Crippen molar-refractivity contribution in [3.63, 3.8) is 0 Å². The highest BCUT2D eigenvalue weighted by Gasteiger charge is 2.33. The number of nitrogens with zero attached hydrogens (tertiary/aromatic N) is 7. The molecule has 11 heteroatoms. The molecule has 0 aliphatic carbocycles. The van der Waals surface area contributed by atoms with Crippen LogP contribution in [-0.4, -0.2) is 80.6 Å². The van der Waals surface area contributed by atoms with Gasteiger partial charge < -0.3 is 15.1 Å². The van der Waals surface area contributed by atoms with E-state index in [1.807, 2.05) is 7.05 Å². The zero-order valence-corrected chi connectivity index (χ0v) is 17.1. The molecule has 1 N–H and O–H groups in total. The summed E-state index contributed by atoms with van der Waals surface area (Å²) < 4.78 is 1.71. The summed E-state index contributed by atoms with van der Waals surface area (Å²) in [6.07, 6.45) is 3.27. The minimum atomic E-state index is -0.365. The van der Waals surface area contributed by atoms with Crippen LogP contribution in [0.4, 0.5) is 16.3 Å². The molecule has 2 aromatic heterocycles. The molecule has 0 atom stereocenters. The van der Waals surface area contributed by atoms with Gasteiger partial charge in [-0.3, -0.25) is 19.2 Å². The third-order valence-corrected chi connectivity index (χ3v) is 5.72. The van der Waals surface area contributed by atoms with Gasteiger partial charge in [0.1, 0.15) is 12.1 Å². The van der Waals surface area contributed by atoms with E-state index in [4.69, 9.17) is 0 Å². The third kappa shape index (κ3) is 3.05. The Morgan fingerprint density at radius 1 is 1.00 bits per heavy atom. The highest BCUT2D eigenvalue weighted by Crippen LogP contribution is 2.26. The maximum Gasteiger partial charge on any atom is 0.321 e. The van der Waals surface area contributed by atoms with Crippen molar-refractivity contribution in [3.05, 3.63) is 41.9 Å². The van der Waals surface area contributed by atoms with Crippen molar-refractivity contribution in [2.24, 2.45) is 7.05 Å². The van der Waals surface area contributed by atoms with E-state index in [0.29, 0.717) is 43.0 Å². The van der Waals surface area contributed by atoms with Gasteiger partial charge in [-0.15, -0.1) is 0 Å². The fraction of sp³-hybridized carbons (Fsp3) is 0.300. The number of fused-ring (bicyclic) bond motifs is 2. The Morgan fingerprint density at radius 3 is 2.52 bits per heavy atom. The van der Waals surface area contributed by atoms with Gasteiger partial charge in [-0.1, -0.05) is 0 Å². The van der Waals surface area contributed by atoms with E-state index >= 15 is 0 Å². The molecule has 4 amide bonds. The van der Waals surface area contributed by atoms with Gasteiger partial charge in [-0.2, -0.15) is 5.10 Å². The van der Waals surface area contributed by atoms with Crippen LogP contribution in [-0.2, 0) is 7.05 Å². The molecule has 31 heavy (non-hydrogen) atoms. The van der Waals surface area contributed by atoms with E-state index in [1.54, 1.807) is 34.0 Å². The molecule has 5 rings (SSSR count). The summed E-state index contributed by atoms with van der Waals surface area (Å²) in [5.41, 5.74) is 1.90. The summed E-state index contributed by atoms with van der Waals surface area (Å²) in [6.45, 7) is 2.28. The van der Waals surface area contributed by atoms with Crippen molar-refractivity contribution in [2.75, 3.05) is 43.4 Å². The number of nitrogens with one attached hydrogen (secondary N) is 1. The molecule has 0 radical (unpaired) electrons. The standard InChI is InChI=1S/C20H20N8O3/c1-25-18(29)13-4-3-12(9-14(13)19(25)30)24-20(31)28-7-5-27(6-8-28)17-15-10-23-26(2)16(15)21-11-22-17/h3-4,9-11H,5-8H2,1-2H3,(H,24,31). The maximum absolute atomic E-state index is 12.7. The summed E-state index contributed by atoms with van der Waals surface area (Å²) in [5.74, 6) is 0.113. The lowest BCUT2D eigenvalue weighted by Crippen LogP contribution is -2.50. The van der Waals surface area contributed by atoms with E-state index < -0.39 is 0 Å². The number of imide groups is 1. The Hall–Kier alpha value is -4.02. The third-order valence-electron chi connectivity index (χ3n) is 5.72. The largest absolute Gasteiger partial charge is 0.352 e. The van der Waals surface area contributed by atoms with Crippen LogP contribution in [0.15, 0.2) is 30.7 Å². The fourth-order valence-electron chi connectivity index (χ4n) is 3.96. The van der Waals surface area contributed by atoms with Crippen molar-refractivity contribution in [2.45, 2.75) is 0 Å². The van der Waals surface area contributed by atoms with Gasteiger partial charge in [0.25, 0.3) is 11.8 Å². The second-order valence-electron chi connectivity index (χ2n) is 7.54. The molecule has 2 aliphatic rings. The fourth-order valence-corrected chi connectivity index (χ4v) is 3.96. The lowest BCUT2D eigenvalue weighted by atomic mass is 10.1. The van der Waals surface area contributed by atoms with Crippen LogP contribution in [0.2, 0.25) is 0 Å². The average Bonchev–Trinajstić information content (AvgIpc) is 3.27. The second kappa shape index (κ2) is 7.04. The van der Waals surface area contributed by atoms with Crippen molar-refractivity contribution >= 4 is 40.4 Å². The van der Waals surface area contributed by atoms with Crippen molar-refractivity contribution in [1.29, 1.82) is 0 Å². The van der Waals surface area contributed by atoms with Gasteiger partial charge in [0.2, 0.25) is 0 Å². The van der Waals surface area contributed by atoms with Gasteiger partial charge in [0.15, 0.2) is 5.65 Å². The number of benzene rings is 1. The average molecular weight is 420 g/mol. The Morgan fingerprint density at radius 2 is 1.74 bits per heavy atom. The van der Waals surface area contributed by atoms with Gasteiger partial charge >= 0.3 is 6.03 Å². The van der Waals surface area contributed by atoms with Crippen LogP contribution in [0.1, 0.15) is 20.7 Å². The van der Waals surface area contributed by atoms with E-state index in [2.05, 4.69) is 25.3 Å². The minimum Gasteiger partial charge on any atom is -0.352 e. The number of aryl methyl sites for hydroxylation is 1. The number of anilines is 2. The molecular weight excluding hydrogens is 400 g/mol. The topological polar surface area (TPSA) is 117 Å². The highest BCUT2D eigenvalue weighted by atomic mass is 16.2.